The molecule has 1 aliphatic carbocycles. The largest absolute Gasteiger partial charge is 0.508 e. The van der Waals surface area contributed by atoms with Gasteiger partial charge in [-0.1, -0.05) is 45.2 Å². The van der Waals surface area contributed by atoms with E-state index in [2.05, 4.69) is 10.6 Å². The van der Waals surface area contributed by atoms with E-state index in [1.54, 1.807) is 24.3 Å². The highest BCUT2D eigenvalue weighted by atomic mass is 16.5. The molecule has 0 bridgehead atoms. The van der Waals surface area contributed by atoms with Gasteiger partial charge in [-0.25, -0.2) is 9.59 Å². The first-order valence-electron chi connectivity index (χ1n) is 9.73. The summed E-state index contributed by atoms with van der Waals surface area (Å²) in [6.07, 6.45) is 5.81. The number of nitrogens with one attached hydrogen (secondary N) is 2. The first-order valence-corrected chi connectivity index (χ1v) is 9.73. The summed E-state index contributed by atoms with van der Waals surface area (Å²) in [5.74, 6) is 0.0377. The summed E-state index contributed by atoms with van der Waals surface area (Å²) in [7, 11) is 0. The van der Waals surface area contributed by atoms with Crippen LogP contribution in [0.25, 0.3) is 0 Å². The van der Waals surface area contributed by atoms with Crippen LogP contribution in [0, 0.1) is 11.8 Å². The lowest BCUT2D eigenvalue weighted by atomic mass is 9.89. The molecule has 1 aromatic carbocycles. The van der Waals surface area contributed by atoms with Crippen molar-refractivity contribution in [2.45, 2.75) is 52.0 Å². The van der Waals surface area contributed by atoms with Gasteiger partial charge >= 0.3 is 12.0 Å². The van der Waals surface area contributed by atoms with Crippen molar-refractivity contribution in [3.8, 4) is 5.75 Å². The second-order valence-corrected chi connectivity index (χ2v) is 7.71. The maximum Gasteiger partial charge on any atom is 0.338 e. The quantitative estimate of drug-likeness (QED) is 0.687. The highest BCUT2D eigenvalue weighted by molar-refractivity contribution is 5.95. The van der Waals surface area contributed by atoms with Crippen molar-refractivity contribution in [1.82, 2.24) is 10.6 Å². The minimum absolute atomic E-state index is 0.0481. The number of ether oxygens (including phenoxy) is 1. The zero-order valence-electron chi connectivity index (χ0n) is 16.0. The van der Waals surface area contributed by atoms with Crippen LogP contribution in [0.2, 0.25) is 0 Å². The predicted octanol–water partition coefficient (Wildman–Crippen LogP) is 3.78. The van der Waals surface area contributed by atoms with E-state index < -0.39 is 12.0 Å². The average Bonchev–Trinajstić information content (AvgIpc) is 2.66. The number of urea groups is 1. The predicted molar refractivity (Wildman–Crippen MR) is 102 cm³/mol. The van der Waals surface area contributed by atoms with Gasteiger partial charge in [-0.05, 0) is 42.4 Å². The summed E-state index contributed by atoms with van der Waals surface area (Å²) in [4.78, 5) is 25.1. The third kappa shape index (κ3) is 4.62. The first kappa shape index (κ1) is 19.3. The van der Waals surface area contributed by atoms with Gasteiger partial charge in [-0.3, -0.25) is 0 Å². The Labute approximate surface area is 160 Å². The van der Waals surface area contributed by atoms with E-state index >= 15 is 0 Å². The summed E-state index contributed by atoms with van der Waals surface area (Å²) in [6.45, 7) is 4.26. The molecule has 0 radical (unpaired) electrons. The third-order valence-corrected chi connectivity index (χ3v) is 5.28. The number of hydrogen-bond acceptors (Lipinski definition) is 4. The van der Waals surface area contributed by atoms with E-state index in [1.165, 1.54) is 19.3 Å². The van der Waals surface area contributed by atoms with E-state index in [4.69, 9.17) is 4.74 Å². The molecule has 3 rings (SSSR count). The lowest BCUT2D eigenvalue weighted by molar-refractivity contribution is -0.141. The van der Waals surface area contributed by atoms with Crippen molar-refractivity contribution in [2.75, 3.05) is 6.61 Å². The Morgan fingerprint density at radius 2 is 2.00 bits per heavy atom. The number of esters is 1. The minimum Gasteiger partial charge on any atom is -0.508 e. The standard InChI is InChI=1S/C21H28N2O4/c1-13(2)18-17(20(25)27-12-14-7-4-3-5-8-14)19(23-21(26)22-18)15-9-6-10-16(24)11-15/h6,9-11,13-14,19,24H,3-5,7-8,12H2,1-2H3,(H2,22,23,26). The molecule has 0 saturated heterocycles. The van der Waals surface area contributed by atoms with Crippen molar-refractivity contribution in [1.29, 1.82) is 0 Å². The van der Waals surface area contributed by atoms with Gasteiger partial charge in [-0.2, -0.15) is 0 Å². The molecule has 1 fully saturated rings. The van der Waals surface area contributed by atoms with E-state index in [9.17, 15) is 14.7 Å². The zero-order valence-corrected chi connectivity index (χ0v) is 16.0. The van der Waals surface area contributed by atoms with Crippen LogP contribution in [0.1, 0.15) is 57.6 Å². The third-order valence-electron chi connectivity index (χ3n) is 5.28. The molecule has 2 aliphatic rings. The molecule has 0 aromatic heterocycles. The van der Waals surface area contributed by atoms with E-state index in [0.29, 0.717) is 29.4 Å². The number of phenols is 1. The molecule has 146 valence electrons. The molecule has 1 unspecified atom stereocenters. The lowest BCUT2D eigenvalue weighted by Gasteiger charge is -2.31. The van der Waals surface area contributed by atoms with Gasteiger partial charge in [0.05, 0.1) is 18.2 Å². The van der Waals surface area contributed by atoms with Gasteiger partial charge in [0.25, 0.3) is 0 Å². The number of phenolic OH excluding ortho intramolecular Hbond substituents is 1. The normalized spacial score (nSPS) is 21.0. The van der Waals surface area contributed by atoms with Crippen LogP contribution in [-0.2, 0) is 9.53 Å². The minimum atomic E-state index is -0.651. The van der Waals surface area contributed by atoms with Crippen LogP contribution < -0.4 is 10.6 Å². The molecular weight excluding hydrogens is 344 g/mol. The van der Waals surface area contributed by atoms with Crippen LogP contribution in [0.3, 0.4) is 0 Å². The van der Waals surface area contributed by atoms with Gasteiger partial charge in [0.15, 0.2) is 0 Å². The van der Waals surface area contributed by atoms with Gasteiger partial charge in [0.1, 0.15) is 5.75 Å². The monoisotopic (exact) mass is 372 g/mol. The molecule has 1 heterocycles. The SMILES string of the molecule is CC(C)C1=C(C(=O)OCC2CCCCC2)C(c2cccc(O)c2)NC(=O)N1. The molecule has 6 heteroatoms. The van der Waals surface area contributed by atoms with Crippen LogP contribution in [0.4, 0.5) is 4.79 Å². The number of hydrogen-bond donors (Lipinski definition) is 3. The summed E-state index contributed by atoms with van der Waals surface area (Å²) >= 11 is 0. The molecular formula is C21H28N2O4. The lowest BCUT2D eigenvalue weighted by Crippen LogP contribution is -2.47. The average molecular weight is 372 g/mol. The molecule has 1 atom stereocenters. The highest BCUT2D eigenvalue weighted by Gasteiger charge is 2.35. The van der Waals surface area contributed by atoms with E-state index in [0.717, 1.165) is 12.8 Å². The topological polar surface area (TPSA) is 87.7 Å². The van der Waals surface area contributed by atoms with Crippen LogP contribution in [-0.4, -0.2) is 23.7 Å². The Kier molecular flexibility index (Phi) is 6.04. The maximum atomic E-state index is 13.0. The second kappa shape index (κ2) is 8.46. The maximum absolute atomic E-state index is 13.0. The summed E-state index contributed by atoms with van der Waals surface area (Å²) in [6, 6.07) is 5.57. The van der Waals surface area contributed by atoms with Gasteiger partial charge < -0.3 is 20.5 Å². The fourth-order valence-corrected chi connectivity index (χ4v) is 3.85. The zero-order chi connectivity index (χ0) is 19.4. The number of amides is 2. The van der Waals surface area contributed by atoms with Crippen LogP contribution >= 0.6 is 0 Å². The van der Waals surface area contributed by atoms with Crippen molar-refractivity contribution in [3.05, 3.63) is 41.1 Å². The second-order valence-electron chi connectivity index (χ2n) is 7.71. The van der Waals surface area contributed by atoms with Gasteiger partial charge in [-0.15, -0.1) is 0 Å². The van der Waals surface area contributed by atoms with Crippen LogP contribution in [0.15, 0.2) is 35.5 Å². The Morgan fingerprint density at radius 1 is 1.26 bits per heavy atom. The first-order chi connectivity index (χ1) is 13.0. The van der Waals surface area contributed by atoms with Crippen molar-refractivity contribution in [3.63, 3.8) is 0 Å². The molecule has 1 aromatic rings. The van der Waals surface area contributed by atoms with Gasteiger partial charge in [0.2, 0.25) is 0 Å². The Bertz CT molecular complexity index is 735. The number of aromatic hydroxyl groups is 1. The molecule has 1 saturated carbocycles. The molecule has 1 aliphatic heterocycles. The fourth-order valence-electron chi connectivity index (χ4n) is 3.85. The number of carbonyl (C=O) groups is 2. The Balaban J connectivity index is 1.87. The number of carbonyl (C=O) groups excluding carboxylic acids is 2. The molecule has 6 nitrogen and oxygen atoms in total. The smallest absolute Gasteiger partial charge is 0.338 e. The number of rotatable bonds is 5. The number of benzene rings is 1. The Morgan fingerprint density at radius 3 is 2.67 bits per heavy atom. The van der Waals surface area contributed by atoms with Gasteiger partial charge in [0, 0.05) is 5.70 Å². The highest BCUT2D eigenvalue weighted by Crippen LogP contribution is 2.32. The van der Waals surface area contributed by atoms with Crippen molar-refractivity contribution >= 4 is 12.0 Å². The fraction of sp³-hybridized carbons (Fsp3) is 0.524. The molecule has 3 N–H and O–H groups in total. The molecule has 2 amide bonds. The Hall–Kier alpha value is -2.50. The molecule has 0 spiro atoms. The molecule has 27 heavy (non-hydrogen) atoms. The van der Waals surface area contributed by atoms with E-state index in [-0.39, 0.29) is 17.7 Å². The van der Waals surface area contributed by atoms with Crippen LogP contribution in [0.5, 0.6) is 5.75 Å². The van der Waals surface area contributed by atoms with Crippen molar-refractivity contribution < 1.29 is 19.4 Å². The summed E-state index contributed by atoms with van der Waals surface area (Å²) in [5.41, 5.74) is 1.62. The summed E-state index contributed by atoms with van der Waals surface area (Å²) < 4.78 is 5.67. The van der Waals surface area contributed by atoms with Crippen molar-refractivity contribution in [2.24, 2.45) is 11.8 Å². The van der Waals surface area contributed by atoms with E-state index in [1.807, 2.05) is 13.8 Å². The summed E-state index contributed by atoms with van der Waals surface area (Å²) in [5, 5.41) is 15.4. The number of allylic oxidation sites excluding steroid dienone is 1.